The summed E-state index contributed by atoms with van der Waals surface area (Å²) in [6, 6.07) is 12.4. The molecular weight excluding hydrogens is 241 g/mol. The van der Waals surface area contributed by atoms with Gasteiger partial charge >= 0.3 is 0 Å². The SMILES string of the molecule is Cc1cccc(-c2nc3ccc(C#N)cc3[nH]2)c1F. The zero-order valence-electron chi connectivity index (χ0n) is 10.2. The number of nitriles is 1. The lowest BCUT2D eigenvalue weighted by Crippen LogP contribution is -1.89. The molecule has 1 aromatic heterocycles. The van der Waals surface area contributed by atoms with Crippen LogP contribution in [-0.2, 0) is 0 Å². The summed E-state index contributed by atoms with van der Waals surface area (Å²) in [4.78, 5) is 7.41. The van der Waals surface area contributed by atoms with Gasteiger partial charge in [0.25, 0.3) is 0 Å². The van der Waals surface area contributed by atoms with Crippen molar-refractivity contribution in [1.82, 2.24) is 9.97 Å². The first-order valence-corrected chi connectivity index (χ1v) is 5.84. The van der Waals surface area contributed by atoms with E-state index in [1.165, 1.54) is 0 Å². The predicted octanol–water partition coefficient (Wildman–Crippen LogP) is 3.55. The Kier molecular flexibility index (Phi) is 2.53. The van der Waals surface area contributed by atoms with Crippen molar-refractivity contribution in [2.75, 3.05) is 0 Å². The molecule has 0 atom stereocenters. The first kappa shape index (κ1) is 11.4. The molecule has 92 valence electrons. The fourth-order valence-electron chi connectivity index (χ4n) is 2.04. The molecule has 4 heteroatoms. The molecule has 0 amide bonds. The van der Waals surface area contributed by atoms with Gasteiger partial charge in [-0.05, 0) is 36.8 Å². The second kappa shape index (κ2) is 4.21. The molecule has 0 saturated carbocycles. The second-order valence-electron chi connectivity index (χ2n) is 4.37. The minimum atomic E-state index is -0.276. The fraction of sp³-hybridized carbons (Fsp3) is 0.0667. The van der Waals surface area contributed by atoms with E-state index in [-0.39, 0.29) is 5.82 Å². The van der Waals surface area contributed by atoms with Gasteiger partial charge in [0.1, 0.15) is 11.6 Å². The number of hydrogen-bond acceptors (Lipinski definition) is 2. The summed E-state index contributed by atoms with van der Waals surface area (Å²) < 4.78 is 14.0. The molecule has 0 saturated heterocycles. The smallest absolute Gasteiger partial charge is 0.141 e. The Morgan fingerprint density at radius 2 is 2.11 bits per heavy atom. The summed E-state index contributed by atoms with van der Waals surface area (Å²) in [6.07, 6.45) is 0. The standard InChI is InChI=1S/C15H10FN3/c1-9-3-2-4-11(14(9)16)15-18-12-6-5-10(8-17)7-13(12)19-15/h2-7H,1H3,(H,18,19). The Morgan fingerprint density at radius 3 is 2.89 bits per heavy atom. The topological polar surface area (TPSA) is 52.5 Å². The first-order chi connectivity index (χ1) is 9.19. The van der Waals surface area contributed by atoms with Crippen LogP contribution in [0.25, 0.3) is 22.4 Å². The molecule has 0 fully saturated rings. The van der Waals surface area contributed by atoms with E-state index in [0.29, 0.717) is 22.5 Å². The van der Waals surface area contributed by atoms with E-state index in [9.17, 15) is 4.39 Å². The van der Waals surface area contributed by atoms with Crippen LogP contribution in [0.3, 0.4) is 0 Å². The average Bonchev–Trinajstić information content (AvgIpc) is 2.84. The molecule has 0 radical (unpaired) electrons. The first-order valence-electron chi connectivity index (χ1n) is 5.84. The minimum absolute atomic E-state index is 0.276. The van der Waals surface area contributed by atoms with Crippen LogP contribution in [0.4, 0.5) is 4.39 Å². The summed E-state index contributed by atoms with van der Waals surface area (Å²) in [6.45, 7) is 1.72. The Balaban J connectivity index is 2.21. The van der Waals surface area contributed by atoms with E-state index < -0.39 is 0 Å². The Bertz CT molecular complexity index is 812. The van der Waals surface area contributed by atoms with Crippen LogP contribution in [0.1, 0.15) is 11.1 Å². The van der Waals surface area contributed by atoms with Gasteiger partial charge in [0.15, 0.2) is 0 Å². The van der Waals surface area contributed by atoms with Gasteiger partial charge in [-0.25, -0.2) is 9.37 Å². The third kappa shape index (κ3) is 1.85. The number of nitrogens with one attached hydrogen (secondary N) is 1. The van der Waals surface area contributed by atoms with Gasteiger partial charge in [0, 0.05) is 0 Å². The third-order valence-electron chi connectivity index (χ3n) is 3.06. The van der Waals surface area contributed by atoms with Crippen molar-refractivity contribution >= 4 is 11.0 Å². The summed E-state index contributed by atoms with van der Waals surface area (Å²) in [5.41, 5.74) is 3.02. The lowest BCUT2D eigenvalue weighted by atomic mass is 10.1. The highest BCUT2D eigenvalue weighted by Gasteiger charge is 2.11. The number of aromatic amines is 1. The maximum Gasteiger partial charge on any atom is 0.141 e. The summed E-state index contributed by atoms with van der Waals surface area (Å²) in [5.74, 6) is 0.202. The fourth-order valence-corrected chi connectivity index (χ4v) is 2.04. The number of imidazole rings is 1. The molecule has 0 bridgehead atoms. The van der Waals surface area contributed by atoms with E-state index in [2.05, 4.69) is 16.0 Å². The van der Waals surface area contributed by atoms with Crippen molar-refractivity contribution in [2.45, 2.75) is 6.92 Å². The number of aromatic nitrogens is 2. The minimum Gasteiger partial charge on any atom is -0.338 e. The van der Waals surface area contributed by atoms with Crippen molar-refractivity contribution in [2.24, 2.45) is 0 Å². The number of benzene rings is 2. The quantitative estimate of drug-likeness (QED) is 0.719. The summed E-state index contributed by atoms with van der Waals surface area (Å²) >= 11 is 0. The highest BCUT2D eigenvalue weighted by molar-refractivity contribution is 5.80. The molecule has 2 aromatic carbocycles. The van der Waals surface area contributed by atoms with Crippen LogP contribution in [-0.4, -0.2) is 9.97 Å². The third-order valence-corrected chi connectivity index (χ3v) is 3.06. The Morgan fingerprint density at radius 1 is 1.26 bits per heavy atom. The molecule has 19 heavy (non-hydrogen) atoms. The predicted molar refractivity (Wildman–Crippen MR) is 70.9 cm³/mol. The number of fused-ring (bicyclic) bond motifs is 1. The van der Waals surface area contributed by atoms with Crippen molar-refractivity contribution < 1.29 is 4.39 Å². The zero-order chi connectivity index (χ0) is 13.4. The van der Waals surface area contributed by atoms with Gasteiger partial charge < -0.3 is 4.98 Å². The average molecular weight is 251 g/mol. The molecule has 0 aliphatic rings. The van der Waals surface area contributed by atoms with Crippen molar-refractivity contribution in [3.63, 3.8) is 0 Å². The summed E-state index contributed by atoms with van der Waals surface area (Å²) in [7, 11) is 0. The molecule has 0 aliphatic heterocycles. The lowest BCUT2D eigenvalue weighted by molar-refractivity contribution is 0.621. The van der Waals surface area contributed by atoms with Crippen LogP contribution >= 0.6 is 0 Å². The molecule has 3 nitrogen and oxygen atoms in total. The van der Waals surface area contributed by atoms with Gasteiger partial charge in [0.2, 0.25) is 0 Å². The highest BCUT2D eigenvalue weighted by Crippen LogP contribution is 2.25. The lowest BCUT2D eigenvalue weighted by Gasteiger charge is -2.01. The van der Waals surface area contributed by atoms with Gasteiger partial charge in [-0.1, -0.05) is 12.1 Å². The van der Waals surface area contributed by atoms with Gasteiger partial charge in [0.05, 0.1) is 28.2 Å². The largest absolute Gasteiger partial charge is 0.338 e. The van der Waals surface area contributed by atoms with Gasteiger partial charge in [-0.2, -0.15) is 5.26 Å². The maximum atomic E-state index is 14.0. The maximum absolute atomic E-state index is 14.0. The van der Waals surface area contributed by atoms with Crippen molar-refractivity contribution in [3.05, 3.63) is 53.3 Å². The molecule has 0 unspecified atom stereocenters. The van der Waals surface area contributed by atoms with Crippen molar-refractivity contribution in [3.8, 4) is 17.5 Å². The van der Waals surface area contributed by atoms with Crippen LogP contribution in [0.15, 0.2) is 36.4 Å². The van der Waals surface area contributed by atoms with E-state index >= 15 is 0 Å². The Hall–Kier alpha value is -2.67. The normalized spacial score (nSPS) is 10.6. The number of aryl methyl sites for hydroxylation is 1. The summed E-state index contributed by atoms with van der Waals surface area (Å²) in [5, 5.41) is 8.86. The van der Waals surface area contributed by atoms with Crippen LogP contribution in [0.2, 0.25) is 0 Å². The molecule has 1 N–H and O–H groups in total. The van der Waals surface area contributed by atoms with E-state index in [1.807, 2.05) is 0 Å². The molecule has 0 spiro atoms. The zero-order valence-corrected chi connectivity index (χ0v) is 10.2. The van der Waals surface area contributed by atoms with Gasteiger partial charge in [-0.15, -0.1) is 0 Å². The molecular formula is C15H10FN3. The van der Waals surface area contributed by atoms with Gasteiger partial charge in [-0.3, -0.25) is 0 Å². The molecule has 3 aromatic rings. The van der Waals surface area contributed by atoms with E-state index in [4.69, 9.17) is 5.26 Å². The molecule has 3 rings (SSSR count). The number of hydrogen-bond donors (Lipinski definition) is 1. The monoisotopic (exact) mass is 251 g/mol. The van der Waals surface area contributed by atoms with Crippen LogP contribution < -0.4 is 0 Å². The van der Waals surface area contributed by atoms with E-state index in [0.717, 1.165) is 11.0 Å². The Labute approximate surface area is 109 Å². The van der Waals surface area contributed by atoms with Crippen LogP contribution in [0, 0.1) is 24.1 Å². The number of halogens is 1. The number of nitrogens with zero attached hydrogens (tertiary/aromatic N) is 2. The molecule has 0 aliphatic carbocycles. The molecule has 1 heterocycles. The second-order valence-corrected chi connectivity index (χ2v) is 4.37. The number of H-pyrrole nitrogens is 1. The highest BCUT2D eigenvalue weighted by atomic mass is 19.1. The number of rotatable bonds is 1. The van der Waals surface area contributed by atoms with Crippen LogP contribution in [0.5, 0.6) is 0 Å². The van der Waals surface area contributed by atoms with Crippen molar-refractivity contribution in [1.29, 1.82) is 5.26 Å². The van der Waals surface area contributed by atoms with E-state index in [1.54, 1.807) is 43.3 Å².